The maximum atomic E-state index is 12.1. The van der Waals surface area contributed by atoms with Gasteiger partial charge in [-0.25, -0.2) is 4.98 Å². The summed E-state index contributed by atoms with van der Waals surface area (Å²) in [7, 11) is 0. The topological polar surface area (TPSA) is 42.0 Å². The lowest BCUT2D eigenvalue weighted by molar-refractivity contribution is -0.116. The van der Waals surface area contributed by atoms with Crippen molar-refractivity contribution in [1.82, 2.24) is 4.98 Å². The predicted molar refractivity (Wildman–Crippen MR) is 117 cm³/mol. The third-order valence-corrected chi connectivity index (χ3v) is 6.21. The summed E-state index contributed by atoms with van der Waals surface area (Å²) in [5, 5.41) is 6.46. The third-order valence-electron chi connectivity index (χ3n) is 3.79. The molecule has 7 heteroatoms. The summed E-state index contributed by atoms with van der Waals surface area (Å²) in [6.45, 7) is 2.07. The number of aryl methyl sites for hydroxylation is 1. The van der Waals surface area contributed by atoms with E-state index in [0.29, 0.717) is 27.3 Å². The van der Waals surface area contributed by atoms with Crippen molar-refractivity contribution in [3.05, 3.63) is 63.5 Å². The van der Waals surface area contributed by atoms with Gasteiger partial charge in [-0.2, -0.15) is 0 Å². The van der Waals surface area contributed by atoms with Gasteiger partial charge in [0.1, 0.15) is 0 Å². The predicted octanol–water partition coefficient (Wildman–Crippen LogP) is 6.94. The van der Waals surface area contributed by atoms with E-state index in [4.69, 9.17) is 23.2 Å². The molecule has 0 unspecified atom stereocenters. The molecule has 0 aliphatic rings. The Hall–Kier alpha value is -1.53. The van der Waals surface area contributed by atoms with Gasteiger partial charge >= 0.3 is 0 Å². The molecule has 2 aromatic carbocycles. The first-order valence-electron chi connectivity index (χ1n) is 8.41. The Morgan fingerprint density at radius 1 is 1.19 bits per heavy atom. The van der Waals surface area contributed by atoms with Gasteiger partial charge in [0.15, 0.2) is 5.13 Å². The van der Waals surface area contributed by atoms with Crippen molar-refractivity contribution >= 4 is 57.3 Å². The van der Waals surface area contributed by atoms with Crippen molar-refractivity contribution < 1.29 is 4.79 Å². The number of carbonyl (C=O) groups excluding carboxylic acids is 1. The van der Waals surface area contributed by atoms with Crippen molar-refractivity contribution in [2.45, 2.75) is 24.7 Å². The normalized spacial score (nSPS) is 10.8. The van der Waals surface area contributed by atoms with Crippen LogP contribution in [-0.4, -0.2) is 16.6 Å². The zero-order valence-corrected chi connectivity index (χ0v) is 17.8. The number of benzene rings is 2. The minimum Gasteiger partial charge on any atom is -0.302 e. The van der Waals surface area contributed by atoms with E-state index in [1.54, 1.807) is 30.0 Å². The first kappa shape index (κ1) is 20.2. The second-order valence-electron chi connectivity index (χ2n) is 5.98. The number of hydrogen-bond donors (Lipinski definition) is 1. The van der Waals surface area contributed by atoms with Crippen LogP contribution < -0.4 is 5.32 Å². The quantitative estimate of drug-likeness (QED) is 0.322. The molecule has 0 spiro atoms. The highest BCUT2D eigenvalue weighted by atomic mass is 35.5. The van der Waals surface area contributed by atoms with Gasteiger partial charge in [-0.05, 0) is 49.4 Å². The molecule has 1 N–H and O–H groups in total. The number of anilines is 1. The molecule has 0 bridgehead atoms. The van der Waals surface area contributed by atoms with Crippen molar-refractivity contribution in [2.75, 3.05) is 11.1 Å². The zero-order valence-electron chi connectivity index (χ0n) is 14.7. The number of nitrogens with zero attached hydrogens (tertiary/aromatic N) is 1. The molecule has 0 aliphatic heterocycles. The van der Waals surface area contributed by atoms with E-state index in [-0.39, 0.29) is 5.91 Å². The van der Waals surface area contributed by atoms with Gasteiger partial charge in [-0.1, -0.05) is 40.9 Å². The number of amides is 1. The average molecular weight is 437 g/mol. The van der Waals surface area contributed by atoms with E-state index in [0.717, 1.165) is 17.7 Å². The second kappa shape index (κ2) is 9.60. The molecule has 3 rings (SSSR count). The number of rotatable bonds is 7. The van der Waals surface area contributed by atoms with Crippen LogP contribution >= 0.6 is 46.3 Å². The van der Waals surface area contributed by atoms with Crippen LogP contribution in [-0.2, 0) is 4.79 Å². The molecule has 1 amide bonds. The van der Waals surface area contributed by atoms with E-state index >= 15 is 0 Å². The Morgan fingerprint density at radius 3 is 2.74 bits per heavy atom. The highest BCUT2D eigenvalue weighted by Crippen LogP contribution is 2.32. The fraction of sp³-hybridized carbons (Fsp3) is 0.200. The van der Waals surface area contributed by atoms with Gasteiger partial charge in [0.25, 0.3) is 0 Å². The number of thioether (sulfide) groups is 1. The first-order valence-corrected chi connectivity index (χ1v) is 11.0. The van der Waals surface area contributed by atoms with Crippen molar-refractivity contribution in [3.63, 3.8) is 0 Å². The molecule has 0 fully saturated rings. The fourth-order valence-electron chi connectivity index (χ4n) is 2.39. The van der Waals surface area contributed by atoms with Gasteiger partial charge in [0.05, 0.1) is 10.7 Å². The fourth-order valence-corrected chi connectivity index (χ4v) is 4.35. The number of nitrogens with one attached hydrogen (secondary N) is 1. The SMILES string of the molecule is Cc1ccc(SCCCC(=O)Nc2nc(-c3cc(Cl)ccc3Cl)cs2)cc1. The van der Waals surface area contributed by atoms with E-state index in [2.05, 4.69) is 41.5 Å². The molecule has 3 nitrogen and oxygen atoms in total. The lowest BCUT2D eigenvalue weighted by Gasteiger charge is -2.03. The molecule has 0 aliphatic carbocycles. The number of halogens is 2. The standard InChI is InChI=1S/C20H18Cl2N2OS2/c1-13-4-7-15(8-5-13)26-10-2-3-19(25)24-20-23-18(12-27-20)16-11-14(21)6-9-17(16)22/h4-9,11-12H,2-3,10H2,1H3,(H,23,24,25). The molecule has 27 heavy (non-hydrogen) atoms. The summed E-state index contributed by atoms with van der Waals surface area (Å²) in [5.74, 6) is 0.871. The van der Waals surface area contributed by atoms with Crippen molar-refractivity contribution in [2.24, 2.45) is 0 Å². The molecule has 1 heterocycles. The van der Waals surface area contributed by atoms with Crippen LogP contribution in [0.5, 0.6) is 0 Å². The largest absolute Gasteiger partial charge is 0.302 e. The molecular formula is C20H18Cl2N2OS2. The molecule has 0 saturated heterocycles. The van der Waals surface area contributed by atoms with Crippen LogP contribution in [0.2, 0.25) is 10.0 Å². The van der Waals surface area contributed by atoms with E-state index in [9.17, 15) is 4.79 Å². The van der Waals surface area contributed by atoms with E-state index < -0.39 is 0 Å². The molecular weight excluding hydrogens is 419 g/mol. The van der Waals surface area contributed by atoms with Crippen LogP contribution in [0.4, 0.5) is 5.13 Å². The van der Waals surface area contributed by atoms with Crippen molar-refractivity contribution in [1.29, 1.82) is 0 Å². The monoisotopic (exact) mass is 436 g/mol. The number of thiazole rings is 1. The number of hydrogen-bond acceptors (Lipinski definition) is 4. The van der Waals surface area contributed by atoms with Crippen LogP contribution in [0, 0.1) is 6.92 Å². The Balaban J connectivity index is 1.48. The zero-order chi connectivity index (χ0) is 19.2. The number of carbonyl (C=O) groups is 1. The highest BCUT2D eigenvalue weighted by molar-refractivity contribution is 7.99. The molecule has 0 atom stereocenters. The smallest absolute Gasteiger partial charge is 0.226 e. The Morgan fingerprint density at radius 2 is 1.96 bits per heavy atom. The third kappa shape index (κ3) is 5.98. The summed E-state index contributed by atoms with van der Waals surface area (Å²) in [5.41, 5.74) is 2.72. The van der Waals surface area contributed by atoms with Crippen LogP contribution in [0.1, 0.15) is 18.4 Å². The Bertz CT molecular complexity index is 926. The molecule has 0 saturated carbocycles. The summed E-state index contributed by atoms with van der Waals surface area (Å²) in [6.07, 6.45) is 1.27. The van der Waals surface area contributed by atoms with Crippen LogP contribution in [0.15, 0.2) is 52.7 Å². The summed E-state index contributed by atoms with van der Waals surface area (Å²) in [6, 6.07) is 13.7. The van der Waals surface area contributed by atoms with Crippen LogP contribution in [0.3, 0.4) is 0 Å². The summed E-state index contributed by atoms with van der Waals surface area (Å²) >= 11 is 15.4. The summed E-state index contributed by atoms with van der Waals surface area (Å²) < 4.78 is 0. The van der Waals surface area contributed by atoms with Gasteiger partial charge < -0.3 is 5.32 Å². The lowest BCUT2D eigenvalue weighted by atomic mass is 10.2. The summed E-state index contributed by atoms with van der Waals surface area (Å²) in [4.78, 5) is 17.8. The van der Waals surface area contributed by atoms with E-state index in [1.165, 1.54) is 21.8 Å². The van der Waals surface area contributed by atoms with Gasteiger partial charge in [0, 0.05) is 27.3 Å². The van der Waals surface area contributed by atoms with Crippen LogP contribution in [0.25, 0.3) is 11.3 Å². The van der Waals surface area contributed by atoms with E-state index in [1.807, 2.05) is 5.38 Å². The molecule has 3 aromatic rings. The Kier molecular flexibility index (Phi) is 7.19. The maximum absolute atomic E-state index is 12.1. The lowest BCUT2D eigenvalue weighted by Crippen LogP contribution is -2.11. The van der Waals surface area contributed by atoms with Crippen molar-refractivity contribution in [3.8, 4) is 11.3 Å². The maximum Gasteiger partial charge on any atom is 0.226 e. The van der Waals surface area contributed by atoms with Gasteiger partial charge in [-0.3, -0.25) is 4.79 Å². The number of aromatic nitrogens is 1. The minimum atomic E-state index is -0.0300. The second-order valence-corrected chi connectivity index (χ2v) is 8.85. The average Bonchev–Trinajstić information content (AvgIpc) is 3.10. The van der Waals surface area contributed by atoms with Gasteiger partial charge in [0.2, 0.25) is 5.91 Å². The first-order chi connectivity index (χ1) is 13.0. The minimum absolute atomic E-state index is 0.0300. The molecule has 140 valence electrons. The molecule has 1 aromatic heterocycles. The Labute approximate surface area is 177 Å². The molecule has 0 radical (unpaired) electrons. The van der Waals surface area contributed by atoms with Gasteiger partial charge in [-0.15, -0.1) is 23.1 Å². The highest BCUT2D eigenvalue weighted by Gasteiger charge is 2.11.